The molecule has 0 aromatic carbocycles. The van der Waals surface area contributed by atoms with Crippen molar-refractivity contribution in [1.29, 1.82) is 0 Å². The minimum absolute atomic E-state index is 0.142. The number of likely N-dealkylation sites (tertiary alicyclic amines) is 1. The van der Waals surface area contributed by atoms with Crippen molar-refractivity contribution in [1.82, 2.24) is 10.2 Å². The maximum absolute atomic E-state index is 11.0. The maximum Gasteiger partial charge on any atom is 0.307 e. The Kier molecular flexibility index (Phi) is 4.35. The fraction of sp³-hybridized carbons (Fsp3) is 0.900. The summed E-state index contributed by atoms with van der Waals surface area (Å²) < 4.78 is 4.62. The molecule has 0 aromatic rings. The second-order valence-corrected chi connectivity index (χ2v) is 4.10. The lowest BCUT2D eigenvalue weighted by Gasteiger charge is -2.18. The van der Waals surface area contributed by atoms with Gasteiger partial charge in [-0.15, -0.1) is 0 Å². The summed E-state index contributed by atoms with van der Waals surface area (Å²) in [6, 6.07) is 0.735. The molecule has 1 aliphatic heterocycles. The van der Waals surface area contributed by atoms with Crippen LogP contribution in [0.3, 0.4) is 0 Å². The van der Waals surface area contributed by atoms with Crippen LogP contribution in [0.2, 0.25) is 0 Å². The van der Waals surface area contributed by atoms with E-state index in [4.69, 9.17) is 0 Å². The van der Waals surface area contributed by atoms with Gasteiger partial charge in [-0.1, -0.05) is 0 Å². The van der Waals surface area contributed by atoms with Gasteiger partial charge in [0.25, 0.3) is 0 Å². The predicted molar refractivity (Wildman–Crippen MR) is 55.1 cm³/mol. The molecule has 0 aliphatic carbocycles. The van der Waals surface area contributed by atoms with Crippen LogP contribution in [0.25, 0.3) is 0 Å². The number of carbonyl (C=O) groups is 1. The number of ether oxygens (including phenoxy) is 1. The number of methoxy groups -OCH3 is 1. The second-order valence-electron chi connectivity index (χ2n) is 4.10. The van der Waals surface area contributed by atoms with Crippen LogP contribution in [-0.4, -0.2) is 50.2 Å². The van der Waals surface area contributed by atoms with Crippen molar-refractivity contribution >= 4 is 5.97 Å². The molecule has 1 rings (SSSR count). The molecular formula is C10H20N2O2. The van der Waals surface area contributed by atoms with Crippen molar-refractivity contribution < 1.29 is 9.53 Å². The predicted octanol–water partition coefficient (Wildman–Crippen LogP) is 0.232. The molecule has 4 heteroatoms. The molecule has 0 aromatic heterocycles. The van der Waals surface area contributed by atoms with E-state index in [0.29, 0.717) is 12.5 Å². The summed E-state index contributed by atoms with van der Waals surface area (Å²) in [5.41, 5.74) is 0. The molecule has 0 radical (unpaired) electrons. The van der Waals surface area contributed by atoms with Crippen LogP contribution in [0.5, 0.6) is 0 Å². The van der Waals surface area contributed by atoms with Gasteiger partial charge in [-0.05, 0) is 26.9 Å². The third kappa shape index (κ3) is 3.64. The van der Waals surface area contributed by atoms with Gasteiger partial charge in [-0.3, -0.25) is 4.79 Å². The third-order valence-electron chi connectivity index (χ3n) is 2.61. The minimum atomic E-state index is -0.142. The number of nitrogens with one attached hydrogen (secondary N) is 1. The van der Waals surface area contributed by atoms with Crippen molar-refractivity contribution in [3.05, 3.63) is 0 Å². The monoisotopic (exact) mass is 200 g/mol. The Hall–Kier alpha value is -0.610. The average molecular weight is 200 g/mol. The zero-order valence-electron chi connectivity index (χ0n) is 9.25. The van der Waals surface area contributed by atoms with E-state index < -0.39 is 0 Å². The summed E-state index contributed by atoms with van der Waals surface area (Å²) in [4.78, 5) is 13.3. The Labute approximate surface area is 85.6 Å². The van der Waals surface area contributed by atoms with Gasteiger partial charge in [0.05, 0.1) is 13.5 Å². The van der Waals surface area contributed by atoms with Gasteiger partial charge in [0.2, 0.25) is 0 Å². The highest BCUT2D eigenvalue weighted by molar-refractivity contribution is 5.69. The third-order valence-corrected chi connectivity index (χ3v) is 2.61. The van der Waals surface area contributed by atoms with Crippen molar-refractivity contribution in [3.63, 3.8) is 0 Å². The normalized spacial score (nSPS) is 24.9. The van der Waals surface area contributed by atoms with E-state index >= 15 is 0 Å². The Morgan fingerprint density at radius 2 is 2.43 bits per heavy atom. The molecule has 4 nitrogen and oxygen atoms in total. The molecule has 0 amide bonds. The Morgan fingerprint density at radius 1 is 1.71 bits per heavy atom. The Balaban J connectivity index is 2.20. The van der Waals surface area contributed by atoms with E-state index in [9.17, 15) is 4.79 Å². The van der Waals surface area contributed by atoms with Gasteiger partial charge in [0, 0.05) is 18.6 Å². The zero-order valence-corrected chi connectivity index (χ0v) is 9.25. The van der Waals surface area contributed by atoms with Crippen molar-refractivity contribution in [2.45, 2.75) is 31.8 Å². The molecule has 2 atom stereocenters. The van der Waals surface area contributed by atoms with E-state index in [2.05, 4.69) is 22.0 Å². The Morgan fingerprint density at radius 3 is 2.93 bits per heavy atom. The van der Waals surface area contributed by atoms with Crippen LogP contribution in [0.1, 0.15) is 19.8 Å². The fourth-order valence-corrected chi connectivity index (χ4v) is 1.87. The summed E-state index contributed by atoms with van der Waals surface area (Å²) in [5, 5.41) is 3.43. The van der Waals surface area contributed by atoms with E-state index in [1.165, 1.54) is 13.5 Å². The lowest BCUT2D eigenvalue weighted by molar-refractivity contribution is -0.141. The van der Waals surface area contributed by atoms with Crippen LogP contribution in [-0.2, 0) is 9.53 Å². The first-order chi connectivity index (χ1) is 6.61. The van der Waals surface area contributed by atoms with Gasteiger partial charge < -0.3 is 15.0 Å². The average Bonchev–Trinajstić information content (AvgIpc) is 2.50. The molecule has 0 spiro atoms. The molecule has 1 N–H and O–H groups in total. The fourth-order valence-electron chi connectivity index (χ4n) is 1.87. The first kappa shape index (κ1) is 11.5. The topological polar surface area (TPSA) is 41.6 Å². The summed E-state index contributed by atoms with van der Waals surface area (Å²) in [6.45, 7) is 4.24. The van der Waals surface area contributed by atoms with Crippen LogP contribution in [0, 0.1) is 0 Å². The molecule has 1 fully saturated rings. The number of hydrogen-bond donors (Lipinski definition) is 1. The SMILES string of the molecule is COC(=O)CC(C)NC1CCN(C)C1. The molecule has 0 saturated carbocycles. The molecule has 2 unspecified atom stereocenters. The second kappa shape index (κ2) is 5.32. The lowest BCUT2D eigenvalue weighted by Crippen LogP contribution is -2.39. The molecule has 1 saturated heterocycles. The van der Waals surface area contributed by atoms with Crippen LogP contribution < -0.4 is 5.32 Å². The molecule has 14 heavy (non-hydrogen) atoms. The number of likely N-dealkylation sites (N-methyl/N-ethyl adjacent to an activating group) is 1. The molecule has 82 valence electrons. The van der Waals surface area contributed by atoms with Gasteiger partial charge >= 0.3 is 5.97 Å². The molecule has 1 aliphatic rings. The first-order valence-electron chi connectivity index (χ1n) is 5.13. The smallest absolute Gasteiger partial charge is 0.307 e. The quantitative estimate of drug-likeness (QED) is 0.660. The van der Waals surface area contributed by atoms with E-state index in [1.54, 1.807) is 0 Å². The molecule has 1 heterocycles. The zero-order chi connectivity index (χ0) is 10.6. The molecule has 0 bridgehead atoms. The summed E-state index contributed by atoms with van der Waals surface area (Å²) in [7, 11) is 3.55. The van der Waals surface area contributed by atoms with Crippen molar-refractivity contribution in [2.75, 3.05) is 27.2 Å². The minimum Gasteiger partial charge on any atom is -0.469 e. The highest BCUT2D eigenvalue weighted by Gasteiger charge is 2.21. The number of hydrogen-bond acceptors (Lipinski definition) is 4. The van der Waals surface area contributed by atoms with Gasteiger partial charge in [-0.25, -0.2) is 0 Å². The maximum atomic E-state index is 11.0. The summed E-state index contributed by atoms with van der Waals surface area (Å²) in [5.74, 6) is -0.142. The number of carbonyl (C=O) groups excluding carboxylic acids is 1. The standard InChI is InChI=1S/C10H20N2O2/c1-8(6-10(13)14-3)11-9-4-5-12(2)7-9/h8-9,11H,4-7H2,1-3H3. The summed E-state index contributed by atoms with van der Waals surface area (Å²) in [6.07, 6.45) is 1.62. The van der Waals surface area contributed by atoms with Crippen molar-refractivity contribution in [2.24, 2.45) is 0 Å². The molecular weight excluding hydrogens is 180 g/mol. The van der Waals surface area contributed by atoms with Crippen LogP contribution in [0.4, 0.5) is 0 Å². The van der Waals surface area contributed by atoms with Crippen LogP contribution >= 0.6 is 0 Å². The van der Waals surface area contributed by atoms with E-state index in [0.717, 1.165) is 13.1 Å². The first-order valence-corrected chi connectivity index (χ1v) is 5.13. The highest BCUT2D eigenvalue weighted by Crippen LogP contribution is 2.07. The van der Waals surface area contributed by atoms with Crippen LogP contribution in [0.15, 0.2) is 0 Å². The van der Waals surface area contributed by atoms with Gasteiger partial charge in [0.15, 0.2) is 0 Å². The van der Waals surface area contributed by atoms with Gasteiger partial charge in [-0.2, -0.15) is 0 Å². The van der Waals surface area contributed by atoms with E-state index in [1.807, 2.05) is 6.92 Å². The van der Waals surface area contributed by atoms with Crippen molar-refractivity contribution in [3.8, 4) is 0 Å². The summed E-state index contributed by atoms with van der Waals surface area (Å²) >= 11 is 0. The number of nitrogens with zero attached hydrogens (tertiary/aromatic N) is 1. The van der Waals surface area contributed by atoms with E-state index in [-0.39, 0.29) is 12.0 Å². The van der Waals surface area contributed by atoms with Gasteiger partial charge in [0.1, 0.15) is 0 Å². The highest BCUT2D eigenvalue weighted by atomic mass is 16.5. The Bertz CT molecular complexity index is 197. The lowest BCUT2D eigenvalue weighted by atomic mass is 10.2. The number of rotatable bonds is 4. The number of esters is 1. The largest absolute Gasteiger partial charge is 0.469 e.